The SMILES string of the molecule is Cc1cc(C)c(S(=O)(=O)NCCC2CCCCCC2)c(C)c1. The topological polar surface area (TPSA) is 46.2 Å². The van der Waals surface area contributed by atoms with Gasteiger partial charge in [-0.25, -0.2) is 13.1 Å². The lowest BCUT2D eigenvalue weighted by atomic mass is 9.97. The first kappa shape index (κ1) is 17.5. The summed E-state index contributed by atoms with van der Waals surface area (Å²) in [6.07, 6.45) is 8.74. The van der Waals surface area contributed by atoms with E-state index in [2.05, 4.69) is 4.72 Å². The predicted octanol–water partition coefficient (Wildman–Crippen LogP) is 4.25. The summed E-state index contributed by atoms with van der Waals surface area (Å²) < 4.78 is 28.0. The van der Waals surface area contributed by atoms with Crippen LogP contribution in [0.2, 0.25) is 0 Å². The van der Waals surface area contributed by atoms with Gasteiger partial charge in [0.05, 0.1) is 4.90 Å². The minimum atomic E-state index is -3.40. The minimum absolute atomic E-state index is 0.457. The maximum atomic E-state index is 12.6. The van der Waals surface area contributed by atoms with Crippen LogP contribution >= 0.6 is 0 Å². The van der Waals surface area contributed by atoms with Crippen LogP contribution in [0.4, 0.5) is 0 Å². The Kier molecular flexibility index (Phi) is 6.04. The molecule has 0 aromatic heterocycles. The number of benzene rings is 1. The second kappa shape index (κ2) is 7.60. The molecule has 22 heavy (non-hydrogen) atoms. The van der Waals surface area contributed by atoms with Crippen molar-refractivity contribution in [1.82, 2.24) is 4.72 Å². The monoisotopic (exact) mass is 323 g/mol. The zero-order chi connectivity index (χ0) is 16.2. The maximum Gasteiger partial charge on any atom is 0.241 e. The third kappa shape index (κ3) is 4.56. The highest BCUT2D eigenvalue weighted by molar-refractivity contribution is 7.89. The molecule has 1 aromatic rings. The van der Waals surface area contributed by atoms with Gasteiger partial charge in [0.2, 0.25) is 10.0 Å². The summed E-state index contributed by atoms with van der Waals surface area (Å²) in [5.41, 5.74) is 2.77. The average Bonchev–Trinajstić information content (AvgIpc) is 2.65. The third-order valence-corrected chi connectivity index (χ3v) is 6.46. The molecule has 0 atom stereocenters. The van der Waals surface area contributed by atoms with E-state index in [1.165, 1.54) is 38.5 Å². The van der Waals surface area contributed by atoms with Gasteiger partial charge in [-0.15, -0.1) is 0 Å². The summed E-state index contributed by atoms with van der Waals surface area (Å²) in [7, 11) is -3.40. The summed E-state index contributed by atoms with van der Waals surface area (Å²) in [6, 6.07) is 3.87. The Balaban J connectivity index is 1.99. The molecular formula is C18H29NO2S. The van der Waals surface area contributed by atoms with Gasteiger partial charge >= 0.3 is 0 Å². The van der Waals surface area contributed by atoms with Crippen LogP contribution in [0.25, 0.3) is 0 Å². The van der Waals surface area contributed by atoms with Crippen LogP contribution in [0, 0.1) is 26.7 Å². The Morgan fingerprint density at radius 1 is 1.00 bits per heavy atom. The van der Waals surface area contributed by atoms with Gasteiger partial charge in [-0.2, -0.15) is 0 Å². The van der Waals surface area contributed by atoms with Crippen LogP contribution in [-0.4, -0.2) is 15.0 Å². The normalized spacial score (nSPS) is 17.4. The smallest absolute Gasteiger partial charge is 0.211 e. The highest BCUT2D eigenvalue weighted by atomic mass is 32.2. The van der Waals surface area contributed by atoms with Crippen molar-refractivity contribution in [2.24, 2.45) is 5.92 Å². The van der Waals surface area contributed by atoms with E-state index in [4.69, 9.17) is 0 Å². The second-order valence-corrected chi connectivity index (χ2v) is 8.48. The highest BCUT2D eigenvalue weighted by Crippen LogP contribution is 2.26. The van der Waals surface area contributed by atoms with E-state index in [0.717, 1.165) is 23.1 Å². The fourth-order valence-electron chi connectivity index (χ4n) is 3.71. The third-order valence-electron chi connectivity index (χ3n) is 4.69. The molecule has 0 radical (unpaired) electrons. The Morgan fingerprint density at radius 2 is 1.55 bits per heavy atom. The number of aryl methyl sites for hydroxylation is 3. The largest absolute Gasteiger partial charge is 0.241 e. The lowest BCUT2D eigenvalue weighted by Gasteiger charge is -2.16. The molecule has 1 aliphatic carbocycles. The van der Waals surface area contributed by atoms with Crippen molar-refractivity contribution >= 4 is 10.0 Å². The van der Waals surface area contributed by atoms with Crippen molar-refractivity contribution in [3.05, 3.63) is 28.8 Å². The summed E-state index contributed by atoms with van der Waals surface area (Å²) >= 11 is 0. The van der Waals surface area contributed by atoms with Crippen molar-refractivity contribution in [3.63, 3.8) is 0 Å². The number of nitrogens with one attached hydrogen (secondary N) is 1. The molecular weight excluding hydrogens is 294 g/mol. The van der Waals surface area contributed by atoms with E-state index < -0.39 is 10.0 Å². The van der Waals surface area contributed by atoms with Gasteiger partial charge < -0.3 is 0 Å². The summed E-state index contributed by atoms with van der Waals surface area (Å²) in [4.78, 5) is 0.457. The van der Waals surface area contributed by atoms with E-state index in [9.17, 15) is 8.42 Å². The Hall–Kier alpha value is -0.870. The van der Waals surface area contributed by atoms with E-state index in [1.807, 2.05) is 32.9 Å². The molecule has 0 aliphatic heterocycles. The fraction of sp³-hybridized carbons (Fsp3) is 0.667. The predicted molar refractivity (Wildman–Crippen MR) is 91.7 cm³/mol. The summed E-state index contributed by atoms with van der Waals surface area (Å²) in [6.45, 7) is 6.30. The molecule has 124 valence electrons. The average molecular weight is 324 g/mol. The summed E-state index contributed by atoms with van der Waals surface area (Å²) in [5, 5.41) is 0. The van der Waals surface area contributed by atoms with Gasteiger partial charge in [0.1, 0.15) is 0 Å². The fourth-order valence-corrected chi connectivity index (χ4v) is 5.21. The minimum Gasteiger partial charge on any atom is -0.211 e. The van der Waals surface area contributed by atoms with Gasteiger partial charge in [-0.3, -0.25) is 0 Å². The van der Waals surface area contributed by atoms with Crippen LogP contribution in [0.15, 0.2) is 17.0 Å². The molecule has 0 saturated heterocycles. The maximum absolute atomic E-state index is 12.6. The molecule has 2 rings (SSSR count). The Labute approximate surface area is 135 Å². The van der Waals surface area contributed by atoms with Crippen LogP contribution in [-0.2, 0) is 10.0 Å². The molecule has 1 saturated carbocycles. The molecule has 0 amide bonds. The van der Waals surface area contributed by atoms with Crippen molar-refractivity contribution in [2.75, 3.05) is 6.54 Å². The number of sulfonamides is 1. The van der Waals surface area contributed by atoms with Crippen molar-refractivity contribution in [3.8, 4) is 0 Å². The zero-order valence-electron chi connectivity index (χ0n) is 14.1. The van der Waals surface area contributed by atoms with Crippen LogP contribution < -0.4 is 4.72 Å². The Morgan fingerprint density at radius 3 is 2.09 bits per heavy atom. The summed E-state index contributed by atoms with van der Waals surface area (Å²) in [5.74, 6) is 0.686. The first-order chi connectivity index (χ1) is 10.4. The van der Waals surface area contributed by atoms with Gasteiger partial charge in [0.15, 0.2) is 0 Å². The lowest BCUT2D eigenvalue weighted by molar-refractivity contribution is 0.427. The van der Waals surface area contributed by atoms with E-state index >= 15 is 0 Å². The number of hydrogen-bond acceptors (Lipinski definition) is 2. The zero-order valence-corrected chi connectivity index (χ0v) is 14.9. The molecule has 3 nitrogen and oxygen atoms in total. The molecule has 0 spiro atoms. The molecule has 1 N–H and O–H groups in total. The Bertz CT molecular complexity index is 577. The molecule has 4 heteroatoms. The molecule has 1 aromatic carbocycles. The first-order valence-corrected chi connectivity index (χ1v) is 9.96. The molecule has 1 fully saturated rings. The van der Waals surface area contributed by atoms with Crippen molar-refractivity contribution in [1.29, 1.82) is 0 Å². The van der Waals surface area contributed by atoms with Gasteiger partial charge in [-0.1, -0.05) is 56.2 Å². The standard InChI is InChI=1S/C18H29NO2S/c1-14-12-15(2)18(16(3)13-14)22(20,21)19-11-10-17-8-6-4-5-7-9-17/h12-13,17,19H,4-11H2,1-3H3. The quantitative estimate of drug-likeness (QED) is 0.823. The van der Waals surface area contributed by atoms with Crippen molar-refractivity contribution < 1.29 is 8.42 Å². The van der Waals surface area contributed by atoms with E-state index in [-0.39, 0.29) is 0 Å². The van der Waals surface area contributed by atoms with Crippen LogP contribution in [0.3, 0.4) is 0 Å². The first-order valence-electron chi connectivity index (χ1n) is 8.47. The van der Waals surface area contributed by atoms with E-state index in [1.54, 1.807) is 0 Å². The second-order valence-electron chi connectivity index (χ2n) is 6.77. The number of rotatable bonds is 5. The van der Waals surface area contributed by atoms with Crippen LogP contribution in [0.5, 0.6) is 0 Å². The molecule has 0 heterocycles. The molecule has 0 bridgehead atoms. The molecule has 1 aliphatic rings. The molecule has 0 unspecified atom stereocenters. The van der Waals surface area contributed by atoms with Gasteiger partial charge in [0.25, 0.3) is 0 Å². The van der Waals surface area contributed by atoms with Crippen molar-refractivity contribution in [2.45, 2.75) is 70.6 Å². The van der Waals surface area contributed by atoms with Crippen LogP contribution in [0.1, 0.15) is 61.6 Å². The van der Waals surface area contributed by atoms with Gasteiger partial charge in [0, 0.05) is 6.54 Å². The van der Waals surface area contributed by atoms with E-state index in [0.29, 0.717) is 17.4 Å². The number of hydrogen-bond donors (Lipinski definition) is 1. The highest BCUT2D eigenvalue weighted by Gasteiger charge is 2.20. The lowest BCUT2D eigenvalue weighted by Crippen LogP contribution is -2.27. The van der Waals surface area contributed by atoms with Gasteiger partial charge in [-0.05, 0) is 44.2 Å².